The lowest BCUT2D eigenvalue weighted by atomic mass is 9.86. The fourth-order valence-corrected chi connectivity index (χ4v) is 1.69. The van der Waals surface area contributed by atoms with Crippen LogP contribution in [-0.2, 0) is 6.42 Å². The van der Waals surface area contributed by atoms with E-state index in [9.17, 15) is 9.90 Å². The molecule has 0 aliphatic rings. The summed E-state index contributed by atoms with van der Waals surface area (Å²) < 4.78 is 0. The average molecular weight is 235 g/mol. The molecular formula is C14H21NO2. The number of carbonyl (C=O) groups excluding carboxylic acids is 1. The molecule has 0 heterocycles. The smallest absolute Gasteiger partial charge is 0.251 e. The van der Waals surface area contributed by atoms with Crippen LogP contribution in [0.5, 0.6) is 0 Å². The van der Waals surface area contributed by atoms with E-state index in [0.29, 0.717) is 12.1 Å². The first-order valence-electron chi connectivity index (χ1n) is 5.96. The number of nitrogens with one attached hydrogen (secondary N) is 1. The summed E-state index contributed by atoms with van der Waals surface area (Å²) in [6, 6.07) is 7.57. The predicted molar refractivity (Wildman–Crippen MR) is 69.0 cm³/mol. The van der Waals surface area contributed by atoms with Gasteiger partial charge >= 0.3 is 0 Å². The Hall–Kier alpha value is -1.35. The van der Waals surface area contributed by atoms with Crippen LogP contribution in [0.25, 0.3) is 0 Å². The minimum Gasteiger partial charge on any atom is -0.396 e. The molecule has 0 saturated carbocycles. The first kappa shape index (κ1) is 13.7. The zero-order valence-corrected chi connectivity index (χ0v) is 10.8. The highest BCUT2D eigenvalue weighted by molar-refractivity contribution is 5.94. The second-order valence-electron chi connectivity index (χ2n) is 5.06. The van der Waals surface area contributed by atoms with Crippen molar-refractivity contribution >= 4 is 5.91 Å². The Morgan fingerprint density at radius 2 is 2.12 bits per heavy atom. The lowest BCUT2D eigenvalue weighted by molar-refractivity contribution is 0.0955. The highest BCUT2D eigenvalue weighted by atomic mass is 16.3. The molecule has 3 nitrogen and oxygen atoms in total. The fraction of sp³-hybridized carbons (Fsp3) is 0.500. The Morgan fingerprint density at radius 1 is 1.41 bits per heavy atom. The largest absolute Gasteiger partial charge is 0.396 e. The first-order valence-corrected chi connectivity index (χ1v) is 5.96. The average Bonchev–Trinajstić information content (AvgIpc) is 2.29. The summed E-state index contributed by atoms with van der Waals surface area (Å²) in [5, 5.41) is 12.0. The van der Waals surface area contributed by atoms with Gasteiger partial charge < -0.3 is 10.4 Å². The van der Waals surface area contributed by atoms with Crippen LogP contribution in [0.4, 0.5) is 0 Å². The minimum atomic E-state index is -0.153. The molecule has 2 N–H and O–H groups in total. The second-order valence-corrected chi connectivity index (χ2v) is 5.06. The zero-order valence-electron chi connectivity index (χ0n) is 10.8. The van der Waals surface area contributed by atoms with Crippen LogP contribution in [-0.4, -0.2) is 24.2 Å². The number of aliphatic hydroxyl groups excluding tert-OH is 1. The fourth-order valence-electron chi connectivity index (χ4n) is 1.69. The minimum absolute atomic E-state index is 0.0452. The van der Waals surface area contributed by atoms with Gasteiger partial charge in [0.1, 0.15) is 0 Å². The summed E-state index contributed by atoms with van der Waals surface area (Å²) >= 11 is 0. The number of aliphatic hydroxyl groups is 1. The van der Waals surface area contributed by atoms with E-state index in [-0.39, 0.29) is 17.9 Å². The van der Waals surface area contributed by atoms with Crippen molar-refractivity contribution in [1.82, 2.24) is 5.32 Å². The van der Waals surface area contributed by atoms with Gasteiger partial charge in [0.2, 0.25) is 0 Å². The molecule has 0 spiro atoms. The highest BCUT2D eigenvalue weighted by Gasteiger charge is 2.17. The van der Waals surface area contributed by atoms with Crippen LogP contribution in [0, 0.1) is 5.41 Å². The monoisotopic (exact) mass is 235 g/mol. The van der Waals surface area contributed by atoms with Crippen molar-refractivity contribution in [3.05, 3.63) is 35.4 Å². The van der Waals surface area contributed by atoms with E-state index in [0.717, 1.165) is 12.0 Å². The maximum Gasteiger partial charge on any atom is 0.251 e. The van der Waals surface area contributed by atoms with Crippen LogP contribution in [0.15, 0.2) is 24.3 Å². The summed E-state index contributed by atoms with van der Waals surface area (Å²) in [5.41, 5.74) is 1.60. The number of rotatable bonds is 5. The lowest BCUT2D eigenvalue weighted by Crippen LogP contribution is -2.23. The Labute approximate surface area is 103 Å². The molecule has 0 atom stereocenters. The Morgan fingerprint density at radius 3 is 2.71 bits per heavy atom. The topological polar surface area (TPSA) is 49.3 Å². The van der Waals surface area contributed by atoms with Crippen molar-refractivity contribution in [1.29, 1.82) is 0 Å². The van der Waals surface area contributed by atoms with E-state index in [2.05, 4.69) is 5.32 Å². The third kappa shape index (κ3) is 4.19. The Bertz CT molecular complexity index is 386. The standard InChI is InChI=1S/C14H21NO2/c1-4-15-13(17)12-7-5-6-11(8-12)9-14(2,3)10-16/h5-8,16H,4,9-10H2,1-3H3,(H,15,17). The number of hydrogen-bond donors (Lipinski definition) is 2. The van der Waals surface area contributed by atoms with Gasteiger partial charge in [-0.3, -0.25) is 4.79 Å². The van der Waals surface area contributed by atoms with Crippen molar-refractivity contribution in [2.24, 2.45) is 5.41 Å². The van der Waals surface area contributed by atoms with E-state index in [1.807, 2.05) is 39.0 Å². The van der Waals surface area contributed by atoms with E-state index in [4.69, 9.17) is 0 Å². The third-order valence-corrected chi connectivity index (χ3v) is 2.64. The van der Waals surface area contributed by atoms with Crippen molar-refractivity contribution in [3.63, 3.8) is 0 Å². The number of carbonyl (C=O) groups is 1. The van der Waals surface area contributed by atoms with E-state index >= 15 is 0 Å². The van der Waals surface area contributed by atoms with Crippen molar-refractivity contribution in [2.75, 3.05) is 13.2 Å². The zero-order chi connectivity index (χ0) is 12.9. The van der Waals surface area contributed by atoms with Gasteiger partial charge in [-0.25, -0.2) is 0 Å². The number of amides is 1. The van der Waals surface area contributed by atoms with Crippen LogP contribution in [0.3, 0.4) is 0 Å². The number of benzene rings is 1. The van der Waals surface area contributed by atoms with Crippen LogP contribution in [0.2, 0.25) is 0 Å². The molecule has 94 valence electrons. The molecule has 0 saturated heterocycles. The molecule has 0 aromatic heterocycles. The lowest BCUT2D eigenvalue weighted by Gasteiger charge is -2.21. The van der Waals surface area contributed by atoms with Crippen LogP contribution >= 0.6 is 0 Å². The van der Waals surface area contributed by atoms with Crippen molar-refractivity contribution in [3.8, 4) is 0 Å². The predicted octanol–water partition coefficient (Wildman–Crippen LogP) is 2.00. The first-order chi connectivity index (χ1) is 7.98. The molecule has 0 radical (unpaired) electrons. The summed E-state index contributed by atoms with van der Waals surface area (Å²) in [5.74, 6) is -0.0452. The maximum absolute atomic E-state index is 11.7. The van der Waals surface area contributed by atoms with Gasteiger partial charge in [0.25, 0.3) is 5.91 Å². The number of hydrogen-bond acceptors (Lipinski definition) is 2. The molecule has 1 rings (SSSR count). The van der Waals surface area contributed by atoms with Crippen LogP contribution in [0.1, 0.15) is 36.7 Å². The summed E-state index contributed by atoms with van der Waals surface area (Å²) in [4.78, 5) is 11.7. The molecule has 0 bridgehead atoms. The van der Waals surface area contributed by atoms with Gasteiger partial charge in [0.15, 0.2) is 0 Å². The molecule has 0 aliphatic carbocycles. The molecule has 0 unspecified atom stereocenters. The normalized spacial score (nSPS) is 11.3. The quantitative estimate of drug-likeness (QED) is 0.820. The summed E-state index contributed by atoms with van der Waals surface area (Å²) in [7, 11) is 0. The van der Waals surface area contributed by atoms with E-state index < -0.39 is 0 Å². The molecule has 0 aliphatic heterocycles. The molecular weight excluding hydrogens is 214 g/mol. The van der Waals surface area contributed by atoms with Crippen molar-refractivity contribution < 1.29 is 9.90 Å². The van der Waals surface area contributed by atoms with E-state index in [1.165, 1.54) is 0 Å². The van der Waals surface area contributed by atoms with Gasteiger partial charge in [-0.05, 0) is 36.5 Å². The molecule has 3 heteroatoms. The van der Waals surface area contributed by atoms with E-state index in [1.54, 1.807) is 6.07 Å². The Kier molecular flexibility index (Phi) is 4.70. The molecule has 1 aromatic carbocycles. The van der Waals surface area contributed by atoms with Crippen molar-refractivity contribution in [2.45, 2.75) is 27.2 Å². The SMILES string of the molecule is CCNC(=O)c1cccc(CC(C)(C)CO)c1. The molecule has 1 aromatic rings. The van der Waals surface area contributed by atoms with Gasteiger partial charge in [-0.2, -0.15) is 0 Å². The van der Waals surface area contributed by atoms with Crippen LogP contribution < -0.4 is 5.32 Å². The van der Waals surface area contributed by atoms with Gasteiger partial charge in [0.05, 0.1) is 0 Å². The Balaban J connectivity index is 2.82. The molecule has 17 heavy (non-hydrogen) atoms. The van der Waals surface area contributed by atoms with Gasteiger partial charge in [-0.1, -0.05) is 26.0 Å². The highest BCUT2D eigenvalue weighted by Crippen LogP contribution is 2.21. The molecule has 0 fully saturated rings. The van der Waals surface area contributed by atoms with Gasteiger partial charge in [-0.15, -0.1) is 0 Å². The summed E-state index contributed by atoms with van der Waals surface area (Å²) in [6.07, 6.45) is 0.761. The molecule has 1 amide bonds. The summed E-state index contributed by atoms with van der Waals surface area (Å²) in [6.45, 7) is 6.68. The third-order valence-electron chi connectivity index (χ3n) is 2.64. The van der Waals surface area contributed by atoms with Gasteiger partial charge in [0, 0.05) is 18.7 Å². The maximum atomic E-state index is 11.7. The second kappa shape index (κ2) is 5.82.